The van der Waals surface area contributed by atoms with Crippen LogP contribution in [0.3, 0.4) is 0 Å². The highest BCUT2D eigenvalue weighted by atomic mass is 16.7. The monoisotopic (exact) mass is 343 g/mol. The predicted octanol–water partition coefficient (Wildman–Crippen LogP) is 3.22. The van der Waals surface area contributed by atoms with Gasteiger partial charge in [0.1, 0.15) is 0 Å². The first-order valence-corrected chi connectivity index (χ1v) is 8.41. The van der Waals surface area contributed by atoms with Gasteiger partial charge in [-0.2, -0.15) is 0 Å². The molecule has 0 radical (unpaired) electrons. The summed E-state index contributed by atoms with van der Waals surface area (Å²) in [5.41, 5.74) is 3.16. The third kappa shape index (κ3) is 3.60. The molecular formula is C19H25N3O3. The number of ether oxygens (including phenoxy) is 2. The average Bonchev–Trinajstić information content (AvgIpc) is 2.91. The molecule has 1 aliphatic rings. The zero-order valence-electron chi connectivity index (χ0n) is 15.4. The average molecular weight is 343 g/mol. The van der Waals surface area contributed by atoms with E-state index in [1.54, 1.807) is 6.33 Å². The van der Waals surface area contributed by atoms with E-state index in [2.05, 4.69) is 10.3 Å². The summed E-state index contributed by atoms with van der Waals surface area (Å²) in [6.07, 6.45) is 1.80. The van der Waals surface area contributed by atoms with Gasteiger partial charge in [0.2, 0.25) is 5.91 Å². The van der Waals surface area contributed by atoms with Gasteiger partial charge in [0.05, 0.1) is 30.7 Å². The van der Waals surface area contributed by atoms with E-state index in [0.29, 0.717) is 13.2 Å². The lowest BCUT2D eigenvalue weighted by atomic mass is 9.90. The number of nitrogens with one attached hydrogen (secondary N) is 1. The molecule has 1 saturated heterocycles. The molecule has 0 spiro atoms. The highest BCUT2D eigenvalue weighted by Gasteiger charge is 2.42. The summed E-state index contributed by atoms with van der Waals surface area (Å²) in [5, 5.41) is 2.95. The second-order valence-electron chi connectivity index (χ2n) is 7.32. The van der Waals surface area contributed by atoms with Crippen molar-refractivity contribution in [1.82, 2.24) is 9.55 Å². The SMILES string of the molecule is Cc1ncn(-c2ccc(NC(=O)C3(C)COC(C)(C)OC3)cc2)c1C. The molecule has 1 aromatic carbocycles. The van der Waals surface area contributed by atoms with Crippen molar-refractivity contribution < 1.29 is 14.3 Å². The molecule has 2 heterocycles. The number of benzene rings is 1. The van der Waals surface area contributed by atoms with Crippen molar-refractivity contribution in [2.45, 2.75) is 40.4 Å². The minimum Gasteiger partial charge on any atom is -0.349 e. The number of aryl methyl sites for hydroxylation is 1. The molecule has 0 atom stereocenters. The summed E-state index contributed by atoms with van der Waals surface area (Å²) in [4.78, 5) is 16.9. The minimum absolute atomic E-state index is 0.106. The van der Waals surface area contributed by atoms with E-state index in [9.17, 15) is 4.79 Å². The zero-order valence-corrected chi connectivity index (χ0v) is 15.4. The molecule has 25 heavy (non-hydrogen) atoms. The van der Waals surface area contributed by atoms with Crippen LogP contribution in [-0.4, -0.2) is 34.5 Å². The van der Waals surface area contributed by atoms with E-state index >= 15 is 0 Å². The van der Waals surface area contributed by atoms with E-state index < -0.39 is 11.2 Å². The van der Waals surface area contributed by atoms with E-state index in [0.717, 1.165) is 22.8 Å². The van der Waals surface area contributed by atoms with Crippen molar-refractivity contribution >= 4 is 11.6 Å². The number of carbonyl (C=O) groups is 1. The van der Waals surface area contributed by atoms with Gasteiger partial charge < -0.3 is 19.4 Å². The number of amides is 1. The molecule has 6 nitrogen and oxygen atoms in total. The summed E-state index contributed by atoms with van der Waals surface area (Å²) in [5.74, 6) is -0.743. The second kappa shape index (κ2) is 6.28. The number of rotatable bonds is 3. The molecule has 1 aromatic heterocycles. The number of aromatic nitrogens is 2. The maximum absolute atomic E-state index is 12.6. The van der Waals surface area contributed by atoms with Gasteiger partial charge in [0.25, 0.3) is 0 Å². The van der Waals surface area contributed by atoms with Crippen molar-refractivity contribution in [3.63, 3.8) is 0 Å². The van der Waals surface area contributed by atoms with Gasteiger partial charge in [0.15, 0.2) is 5.79 Å². The second-order valence-corrected chi connectivity index (χ2v) is 7.32. The van der Waals surface area contributed by atoms with Gasteiger partial charge in [-0.25, -0.2) is 4.98 Å². The fourth-order valence-corrected chi connectivity index (χ4v) is 2.63. The molecule has 134 valence electrons. The predicted molar refractivity (Wildman–Crippen MR) is 95.8 cm³/mol. The van der Waals surface area contributed by atoms with Crippen LogP contribution >= 0.6 is 0 Å². The molecule has 3 rings (SSSR count). The van der Waals surface area contributed by atoms with Crippen LogP contribution in [0.25, 0.3) is 5.69 Å². The summed E-state index contributed by atoms with van der Waals surface area (Å²) >= 11 is 0. The number of hydrogen-bond acceptors (Lipinski definition) is 4. The number of hydrogen-bond donors (Lipinski definition) is 1. The lowest BCUT2D eigenvalue weighted by Crippen LogP contribution is -2.50. The maximum atomic E-state index is 12.6. The van der Waals surface area contributed by atoms with Crippen LogP contribution in [0.1, 0.15) is 32.2 Å². The number of nitrogens with zero attached hydrogens (tertiary/aromatic N) is 2. The van der Waals surface area contributed by atoms with Gasteiger partial charge >= 0.3 is 0 Å². The molecule has 1 fully saturated rings. The quantitative estimate of drug-likeness (QED) is 0.929. The Balaban J connectivity index is 1.69. The highest BCUT2D eigenvalue weighted by molar-refractivity contribution is 5.95. The smallest absolute Gasteiger partial charge is 0.234 e. The lowest BCUT2D eigenvalue weighted by Gasteiger charge is -2.40. The van der Waals surface area contributed by atoms with Crippen molar-refractivity contribution in [2.75, 3.05) is 18.5 Å². The van der Waals surface area contributed by atoms with Crippen LogP contribution in [0, 0.1) is 19.3 Å². The molecule has 1 aliphatic heterocycles. The first kappa shape index (κ1) is 17.6. The fraction of sp³-hybridized carbons (Fsp3) is 0.474. The molecule has 0 saturated carbocycles. The van der Waals surface area contributed by atoms with Gasteiger partial charge in [0, 0.05) is 17.1 Å². The van der Waals surface area contributed by atoms with Crippen LogP contribution in [-0.2, 0) is 14.3 Å². The van der Waals surface area contributed by atoms with Crippen LogP contribution in [0.5, 0.6) is 0 Å². The largest absolute Gasteiger partial charge is 0.349 e. The Hall–Kier alpha value is -2.18. The van der Waals surface area contributed by atoms with Gasteiger partial charge in [-0.1, -0.05) is 0 Å². The van der Waals surface area contributed by atoms with E-state index in [4.69, 9.17) is 9.47 Å². The molecule has 0 bridgehead atoms. The molecule has 1 amide bonds. The summed E-state index contributed by atoms with van der Waals surface area (Å²) < 4.78 is 13.3. The van der Waals surface area contributed by atoms with Gasteiger partial charge in [-0.3, -0.25) is 4.79 Å². The summed E-state index contributed by atoms with van der Waals surface area (Å²) in [7, 11) is 0. The van der Waals surface area contributed by atoms with Crippen LogP contribution in [0.2, 0.25) is 0 Å². The third-order valence-electron chi connectivity index (χ3n) is 4.68. The van der Waals surface area contributed by atoms with Crippen LogP contribution in [0.4, 0.5) is 5.69 Å². The van der Waals surface area contributed by atoms with E-state index in [1.165, 1.54) is 0 Å². The molecule has 0 aliphatic carbocycles. The van der Waals surface area contributed by atoms with Crippen LogP contribution < -0.4 is 5.32 Å². The molecule has 1 N–H and O–H groups in total. The number of carbonyl (C=O) groups excluding carboxylic acids is 1. The topological polar surface area (TPSA) is 65.4 Å². The minimum atomic E-state index is -0.702. The Labute approximate surface area is 148 Å². The van der Waals surface area contributed by atoms with E-state index in [1.807, 2.05) is 63.5 Å². The Kier molecular flexibility index (Phi) is 4.43. The van der Waals surface area contributed by atoms with Crippen molar-refractivity contribution in [2.24, 2.45) is 5.41 Å². The van der Waals surface area contributed by atoms with Gasteiger partial charge in [-0.05, 0) is 58.9 Å². The normalized spacial score (nSPS) is 18.8. The molecule has 6 heteroatoms. The Bertz CT molecular complexity index is 768. The Morgan fingerprint density at radius 2 is 1.72 bits per heavy atom. The Morgan fingerprint density at radius 3 is 2.24 bits per heavy atom. The van der Waals surface area contributed by atoms with Crippen LogP contribution in [0.15, 0.2) is 30.6 Å². The summed E-state index contributed by atoms with van der Waals surface area (Å²) in [6.45, 7) is 10.2. The van der Waals surface area contributed by atoms with Crippen molar-refractivity contribution in [3.8, 4) is 5.69 Å². The third-order valence-corrected chi connectivity index (χ3v) is 4.68. The zero-order chi connectivity index (χ0) is 18.2. The molecule has 2 aromatic rings. The van der Waals surface area contributed by atoms with Crippen molar-refractivity contribution in [3.05, 3.63) is 42.0 Å². The first-order valence-electron chi connectivity index (χ1n) is 8.41. The standard InChI is InChI=1S/C19H25N3O3/c1-13-14(2)22(12-20-13)16-8-6-15(7-9-16)21-17(23)19(5)10-24-18(3,4)25-11-19/h6-9,12H,10-11H2,1-5H3,(H,21,23). The van der Waals surface area contributed by atoms with Gasteiger partial charge in [-0.15, -0.1) is 0 Å². The fourth-order valence-electron chi connectivity index (χ4n) is 2.63. The van der Waals surface area contributed by atoms with Crippen molar-refractivity contribution in [1.29, 1.82) is 0 Å². The Morgan fingerprint density at radius 1 is 1.12 bits per heavy atom. The lowest BCUT2D eigenvalue weighted by molar-refractivity contribution is -0.276. The number of imidazole rings is 1. The maximum Gasteiger partial charge on any atom is 0.234 e. The molecule has 0 unspecified atom stereocenters. The number of anilines is 1. The summed E-state index contributed by atoms with van der Waals surface area (Å²) in [6, 6.07) is 7.70. The first-order chi connectivity index (χ1) is 11.7. The highest BCUT2D eigenvalue weighted by Crippen LogP contribution is 2.30. The van der Waals surface area contributed by atoms with E-state index in [-0.39, 0.29) is 5.91 Å². The molecular weight excluding hydrogens is 318 g/mol.